The fourth-order valence-electron chi connectivity index (χ4n) is 2.93. The molecule has 2 rings (SSSR count). The van der Waals surface area contributed by atoms with Crippen LogP contribution in [0.15, 0.2) is 11.3 Å². The third-order valence-corrected chi connectivity index (χ3v) is 7.43. The molecule has 0 bridgehead atoms. The summed E-state index contributed by atoms with van der Waals surface area (Å²) < 4.78 is 28.6. The molecule has 1 fully saturated rings. The number of allylic oxidation sites excluding steroid dienone is 1. The number of hydrogen-bond acceptors (Lipinski definition) is 5. The third kappa shape index (κ3) is 2.29. The van der Waals surface area contributed by atoms with Crippen LogP contribution in [0.4, 0.5) is 0 Å². The normalized spacial score (nSPS) is 31.2. The van der Waals surface area contributed by atoms with Gasteiger partial charge in [-0.05, 0) is 12.5 Å². The first kappa shape index (κ1) is 15.9. The molecular weight excluding hydrogens is 298 g/mol. The minimum Gasteiger partial charge on any atom is -0.368 e. The highest BCUT2D eigenvalue weighted by Crippen LogP contribution is 2.50. The standard InChI is InChI=1S/C13H21NO4S2/c1-7-9(13(2,3)4)14-10(15)8(18-5)11(14)19-12(7)20(6,16)17/h8,11-12H,1-6H3/t8-,11+,12?/m0/s1. The van der Waals surface area contributed by atoms with Crippen LogP contribution in [0, 0.1) is 5.41 Å². The summed E-state index contributed by atoms with van der Waals surface area (Å²) in [6.45, 7) is 7.78. The van der Waals surface area contributed by atoms with E-state index in [1.54, 1.807) is 4.90 Å². The first-order chi connectivity index (χ1) is 9.00. The van der Waals surface area contributed by atoms with Crippen molar-refractivity contribution >= 4 is 27.5 Å². The predicted molar refractivity (Wildman–Crippen MR) is 79.8 cm³/mol. The van der Waals surface area contributed by atoms with Gasteiger partial charge in [0.05, 0.1) is 0 Å². The van der Waals surface area contributed by atoms with Gasteiger partial charge < -0.3 is 4.74 Å². The Balaban J connectivity index is 2.56. The molecule has 2 heterocycles. The van der Waals surface area contributed by atoms with E-state index in [1.165, 1.54) is 25.1 Å². The van der Waals surface area contributed by atoms with Crippen LogP contribution in [0.1, 0.15) is 27.7 Å². The number of ether oxygens (including phenoxy) is 1. The topological polar surface area (TPSA) is 63.7 Å². The van der Waals surface area contributed by atoms with Crippen LogP contribution in [0.5, 0.6) is 0 Å². The van der Waals surface area contributed by atoms with Crippen molar-refractivity contribution in [2.75, 3.05) is 13.4 Å². The molecule has 0 aliphatic carbocycles. The highest BCUT2D eigenvalue weighted by atomic mass is 32.3. The van der Waals surface area contributed by atoms with Gasteiger partial charge in [0.25, 0.3) is 5.91 Å². The second-order valence-corrected chi connectivity index (χ2v) is 9.99. The molecule has 2 aliphatic rings. The Hall–Kier alpha value is -0.530. The van der Waals surface area contributed by atoms with Crippen LogP contribution >= 0.6 is 11.8 Å². The smallest absolute Gasteiger partial charge is 0.260 e. The first-order valence-corrected chi connectivity index (χ1v) is 9.31. The fraction of sp³-hybridized carbons (Fsp3) is 0.769. The summed E-state index contributed by atoms with van der Waals surface area (Å²) in [5.41, 5.74) is 1.28. The SMILES string of the molecule is CO[C@H]1C(=O)N2C(C(C)(C)C)=C(C)C(S(C)(=O)=O)S[C@H]12. The van der Waals surface area contributed by atoms with E-state index in [0.29, 0.717) is 0 Å². The summed E-state index contributed by atoms with van der Waals surface area (Å²) in [6.07, 6.45) is 0.696. The van der Waals surface area contributed by atoms with Crippen molar-refractivity contribution < 1.29 is 17.9 Å². The largest absolute Gasteiger partial charge is 0.368 e. The van der Waals surface area contributed by atoms with Crippen molar-refractivity contribution in [2.45, 2.75) is 43.8 Å². The highest BCUT2D eigenvalue weighted by molar-refractivity contribution is 8.14. The van der Waals surface area contributed by atoms with Crippen LogP contribution in [0.25, 0.3) is 0 Å². The zero-order valence-corrected chi connectivity index (χ0v) is 14.3. The summed E-state index contributed by atoms with van der Waals surface area (Å²) in [5, 5.41) is -0.245. The molecule has 0 aromatic carbocycles. The van der Waals surface area contributed by atoms with Gasteiger partial charge in [-0.15, -0.1) is 11.8 Å². The predicted octanol–water partition coefficient (Wildman–Crippen LogP) is 1.61. The number of β-lactam (4-membered cyclic amide) rings is 1. The zero-order valence-electron chi connectivity index (χ0n) is 12.6. The molecule has 114 valence electrons. The Morgan fingerprint density at radius 1 is 1.30 bits per heavy atom. The molecule has 5 nitrogen and oxygen atoms in total. The molecule has 0 N–H and O–H groups in total. The van der Waals surface area contributed by atoms with E-state index >= 15 is 0 Å². The van der Waals surface area contributed by atoms with E-state index in [2.05, 4.69) is 0 Å². The molecule has 0 spiro atoms. The molecule has 0 aromatic heterocycles. The number of hydrogen-bond donors (Lipinski definition) is 0. The number of rotatable bonds is 2. The molecule has 7 heteroatoms. The number of thioether (sulfide) groups is 1. The maximum atomic E-state index is 12.2. The number of sulfone groups is 1. The Morgan fingerprint density at radius 3 is 2.25 bits per heavy atom. The van der Waals surface area contributed by atoms with Gasteiger partial charge in [0, 0.05) is 24.5 Å². The molecular formula is C13H21NO4S2. The van der Waals surface area contributed by atoms with Gasteiger partial charge in [0.15, 0.2) is 15.9 Å². The second-order valence-electron chi connectivity index (χ2n) is 6.33. The summed E-state index contributed by atoms with van der Waals surface area (Å²) in [4.78, 5) is 13.9. The number of carbonyl (C=O) groups is 1. The lowest BCUT2D eigenvalue weighted by Gasteiger charge is -2.54. The molecule has 3 atom stereocenters. The summed E-state index contributed by atoms with van der Waals surface area (Å²) >= 11 is 1.29. The Kier molecular flexibility index (Phi) is 3.76. The lowest BCUT2D eigenvalue weighted by Crippen LogP contribution is -2.66. The second kappa shape index (κ2) is 4.74. The third-order valence-electron chi connectivity index (χ3n) is 3.58. The zero-order chi connectivity index (χ0) is 15.5. The first-order valence-electron chi connectivity index (χ1n) is 6.41. The maximum absolute atomic E-state index is 12.2. The van der Waals surface area contributed by atoms with E-state index in [-0.39, 0.29) is 16.7 Å². The van der Waals surface area contributed by atoms with Crippen molar-refractivity contribution in [3.05, 3.63) is 11.3 Å². The minimum atomic E-state index is -3.23. The monoisotopic (exact) mass is 319 g/mol. The van der Waals surface area contributed by atoms with Crippen LogP contribution in [-0.4, -0.2) is 48.7 Å². The number of nitrogens with zero attached hydrogens (tertiary/aromatic N) is 1. The minimum absolute atomic E-state index is 0.0822. The molecule has 0 aromatic rings. The van der Waals surface area contributed by atoms with Crippen LogP contribution in [0.3, 0.4) is 0 Å². The lowest BCUT2D eigenvalue weighted by atomic mass is 9.85. The number of methoxy groups -OCH3 is 1. The Labute approximate surface area is 124 Å². The molecule has 1 unspecified atom stereocenters. The Bertz CT molecular complexity index is 574. The average molecular weight is 319 g/mol. The van der Waals surface area contributed by atoms with Crippen molar-refractivity contribution in [3.63, 3.8) is 0 Å². The van der Waals surface area contributed by atoms with Gasteiger partial charge in [-0.2, -0.15) is 0 Å². The summed E-state index contributed by atoms with van der Waals surface area (Å²) in [5.74, 6) is -0.0822. The number of amides is 1. The van der Waals surface area contributed by atoms with E-state index in [4.69, 9.17) is 4.74 Å². The van der Waals surface area contributed by atoms with Crippen LogP contribution in [-0.2, 0) is 19.4 Å². The van der Waals surface area contributed by atoms with E-state index in [9.17, 15) is 13.2 Å². The molecule has 20 heavy (non-hydrogen) atoms. The van der Waals surface area contributed by atoms with Crippen LogP contribution < -0.4 is 0 Å². The van der Waals surface area contributed by atoms with Crippen molar-refractivity contribution in [3.8, 4) is 0 Å². The molecule has 2 aliphatic heterocycles. The van der Waals surface area contributed by atoms with Crippen LogP contribution in [0.2, 0.25) is 0 Å². The van der Waals surface area contributed by atoms with Gasteiger partial charge in [0.2, 0.25) is 0 Å². The van der Waals surface area contributed by atoms with E-state index in [0.717, 1.165) is 11.3 Å². The van der Waals surface area contributed by atoms with Crippen molar-refractivity contribution in [1.29, 1.82) is 0 Å². The van der Waals surface area contributed by atoms with E-state index in [1.807, 2.05) is 27.7 Å². The maximum Gasteiger partial charge on any atom is 0.260 e. The fourth-order valence-corrected chi connectivity index (χ4v) is 6.10. The van der Waals surface area contributed by atoms with Gasteiger partial charge >= 0.3 is 0 Å². The van der Waals surface area contributed by atoms with E-state index < -0.39 is 20.5 Å². The number of carbonyl (C=O) groups excluding carboxylic acids is 1. The van der Waals surface area contributed by atoms with Gasteiger partial charge in [-0.3, -0.25) is 9.69 Å². The van der Waals surface area contributed by atoms with Crippen molar-refractivity contribution in [1.82, 2.24) is 4.90 Å². The average Bonchev–Trinajstić information content (AvgIpc) is 2.26. The summed E-state index contributed by atoms with van der Waals surface area (Å²) in [6, 6.07) is 0. The molecule has 1 saturated heterocycles. The Morgan fingerprint density at radius 2 is 1.85 bits per heavy atom. The van der Waals surface area contributed by atoms with Gasteiger partial charge in [-0.25, -0.2) is 8.42 Å². The number of fused-ring (bicyclic) bond motifs is 1. The molecule has 1 amide bonds. The van der Waals surface area contributed by atoms with Gasteiger partial charge in [-0.1, -0.05) is 20.8 Å². The summed E-state index contributed by atoms with van der Waals surface area (Å²) in [7, 11) is -1.74. The molecule has 0 radical (unpaired) electrons. The van der Waals surface area contributed by atoms with Crippen molar-refractivity contribution in [2.24, 2.45) is 5.41 Å². The lowest BCUT2D eigenvalue weighted by molar-refractivity contribution is -0.159. The molecule has 0 saturated carbocycles. The highest BCUT2D eigenvalue weighted by Gasteiger charge is 2.56. The quantitative estimate of drug-likeness (QED) is 0.724. The van der Waals surface area contributed by atoms with Gasteiger partial charge in [0.1, 0.15) is 9.96 Å².